The Balaban J connectivity index is 2.29. The molecule has 0 saturated heterocycles. The van der Waals surface area contributed by atoms with Gasteiger partial charge in [0.15, 0.2) is 0 Å². The lowest BCUT2D eigenvalue weighted by molar-refractivity contribution is -0.135. The van der Waals surface area contributed by atoms with E-state index in [2.05, 4.69) is 0 Å². The Morgan fingerprint density at radius 3 is 2.21 bits per heavy atom. The molecule has 0 spiro atoms. The first-order chi connectivity index (χ1) is 13.4. The minimum Gasteiger partial charge on any atom is -0.379 e. The highest BCUT2D eigenvalue weighted by molar-refractivity contribution is 7.87. The zero-order valence-corrected chi connectivity index (χ0v) is 18.3. The van der Waals surface area contributed by atoms with Crippen molar-refractivity contribution >= 4 is 16.0 Å². The van der Waals surface area contributed by atoms with Crippen molar-refractivity contribution in [2.75, 3.05) is 0 Å². The van der Waals surface area contributed by atoms with Crippen LogP contribution in [0.2, 0.25) is 0 Å². The molecule has 7 heteroatoms. The van der Waals surface area contributed by atoms with Crippen LogP contribution in [0.4, 0.5) is 4.39 Å². The second-order valence-electron chi connectivity index (χ2n) is 8.45. The first-order valence-corrected chi connectivity index (χ1v) is 10.9. The number of halogens is 1. The van der Waals surface area contributed by atoms with Crippen molar-refractivity contribution < 1.29 is 21.8 Å². The Morgan fingerprint density at radius 2 is 1.66 bits per heavy atom. The molecular weight excluding hydrogens is 393 g/mol. The molecule has 0 radical (unpaired) electrons. The predicted octanol–water partition coefficient (Wildman–Crippen LogP) is 4.77. The molecule has 1 amide bonds. The molecule has 0 N–H and O–H groups in total. The van der Waals surface area contributed by atoms with E-state index in [0.29, 0.717) is 12.0 Å². The van der Waals surface area contributed by atoms with Crippen molar-refractivity contribution in [1.29, 1.82) is 0 Å². The minimum atomic E-state index is -4.13. The Bertz CT molecular complexity index is 948. The Hall–Kier alpha value is -2.41. The van der Waals surface area contributed by atoms with Crippen LogP contribution in [-0.2, 0) is 21.5 Å². The van der Waals surface area contributed by atoms with Gasteiger partial charge in [-0.15, -0.1) is 0 Å². The molecule has 0 saturated carbocycles. The molecular formula is C22H28FNO4S. The average Bonchev–Trinajstić information content (AvgIpc) is 2.59. The van der Waals surface area contributed by atoms with Crippen LogP contribution in [-0.4, -0.2) is 25.3 Å². The van der Waals surface area contributed by atoms with Crippen LogP contribution < -0.4 is 4.18 Å². The fourth-order valence-electron chi connectivity index (χ4n) is 2.78. The van der Waals surface area contributed by atoms with Gasteiger partial charge in [0.05, 0.1) is 0 Å². The number of nitrogens with zero attached hydrogens (tertiary/aromatic N) is 1. The molecule has 5 nitrogen and oxygen atoms in total. The van der Waals surface area contributed by atoms with E-state index in [1.165, 1.54) is 0 Å². The van der Waals surface area contributed by atoms with Crippen molar-refractivity contribution in [3.63, 3.8) is 0 Å². The monoisotopic (exact) mass is 421 g/mol. The summed E-state index contributed by atoms with van der Waals surface area (Å²) >= 11 is 0. The molecule has 0 aromatic heterocycles. The molecule has 0 fully saturated rings. The third-order valence-corrected chi connectivity index (χ3v) is 5.49. The summed E-state index contributed by atoms with van der Waals surface area (Å²) in [5.74, 6) is -0.399. The van der Waals surface area contributed by atoms with Crippen molar-refractivity contribution in [1.82, 2.24) is 4.90 Å². The van der Waals surface area contributed by atoms with E-state index in [9.17, 15) is 17.6 Å². The molecule has 2 aromatic rings. The standard InChI is InChI=1S/C22H28FNO4S/c1-16(2)24(21(25)14-22(3,4)5)15-17-8-6-7-9-20(17)28-29(26,27)19-12-10-18(23)11-13-19/h6-13,16H,14-15H2,1-5H3. The maximum Gasteiger partial charge on any atom is 0.339 e. The van der Waals surface area contributed by atoms with E-state index in [0.717, 1.165) is 24.3 Å². The van der Waals surface area contributed by atoms with Crippen LogP contribution in [0, 0.1) is 11.2 Å². The maximum absolute atomic E-state index is 13.1. The predicted molar refractivity (Wildman–Crippen MR) is 110 cm³/mol. The average molecular weight is 422 g/mol. The first-order valence-electron chi connectivity index (χ1n) is 9.46. The number of benzene rings is 2. The molecule has 0 bridgehead atoms. The van der Waals surface area contributed by atoms with Gasteiger partial charge < -0.3 is 9.08 Å². The van der Waals surface area contributed by atoms with Gasteiger partial charge in [0.25, 0.3) is 0 Å². The molecule has 2 aromatic carbocycles. The van der Waals surface area contributed by atoms with Gasteiger partial charge in [-0.25, -0.2) is 4.39 Å². The Kier molecular flexibility index (Phi) is 7.06. The van der Waals surface area contributed by atoms with Gasteiger partial charge in [-0.2, -0.15) is 8.42 Å². The molecule has 0 aliphatic heterocycles. The van der Waals surface area contributed by atoms with Gasteiger partial charge in [0, 0.05) is 24.6 Å². The quantitative estimate of drug-likeness (QED) is 0.604. The van der Waals surface area contributed by atoms with Crippen molar-refractivity contribution in [3.05, 3.63) is 59.9 Å². The third-order valence-electron chi connectivity index (χ3n) is 4.24. The lowest BCUT2D eigenvalue weighted by atomic mass is 9.91. The Morgan fingerprint density at radius 1 is 1.07 bits per heavy atom. The second-order valence-corrected chi connectivity index (χ2v) is 10.00. The van der Waals surface area contributed by atoms with Crippen molar-refractivity contribution in [2.24, 2.45) is 5.41 Å². The van der Waals surface area contributed by atoms with E-state index in [1.54, 1.807) is 29.2 Å². The zero-order chi connectivity index (χ0) is 21.8. The van der Waals surface area contributed by atoms with E-state index in [-0.39, 0.29) is 34.6 Å². The highest BCUT2D eigenvalue weighted by Crippen LogP contribution is 2.27. The number of carbonyl (C=O) groups is 1. The van der Waals surface area contributed by atoms with Crippen molar-refractivity contribution in [3.8, 4) is 5.75 Å². The lowest BCUT2D eigenvalue weighted by Crippen LogP contribution is -2.38. The smallest absolute Gasteiger partial charge is 0.339 e. The van der Waals surface area contributed by atoms with Crippen LogP contribution in [0.25, 0.3) is 0 Å². The molecule has 0 aliphatic carbocycles. The summed E-state index contributed by atoms with van der Waals surface area (Å²) in [6.07, 6.45) is 0.377. The molecule has 0 heterocycles. The highest BCUT2D eigenvalue weighted by Gasteiger charge is 2.25. The van der Waals surface area contributed by atoms with Gasteiger partial charge >= 0.3 is 10.1 Å². The zero-order valence-electron chi connectivity index (χ0n) is 17.5. The molecule has 0 unspecified atom stereocenters. The summed E-state index contributed by atoms with van der Waals surface area (Å²) in [4.78, 5) is 14.4. The van der Waals surface area contributed by atoms with E-state index < -0.39 is 15.9 Å². The number of hydrogen-bond acceptors (Lipinski definition) is 4. The maximum atomic E-state index is 13.1. The third kappa shape index (κ3) is 6.56. The van der Waals surface area contributed by atoms with Gasteiger partial charge in [-0.05, 0) is 49.6 Å². The number of amides is 1. The fourth-order valence-corrected chi connectivity index (χ4v) is 3.75. The largest absolute Gasteiger partial charge is 0.379 e. The molecule has 2 rings (SSSR count). The SMILES string of the molecule is CC(C)N(Cc1ccccc1OS(=O)(=O)c1ccc(F)cc1)C(=O)CC(C)(C)C. The van der Waals surface area contributed by atoms with Gasteiger partial charge in [0.1, 0.15) is 16.5 Å². The summed E-state index contributed by atoms with van der Waals surface area (Å²) in [5, 5.41) is 0. The number of carbonyl (C=O) groups excluding carboxylic acids is 1. The minimum absolute atomic E-state index is 0.0105. The summed E-state index contributed by atoms with van der Waals surface area (Å²) < 4.78 is 43.6. The van der Waals surface area contributed by atoms with Crippen LogP contribution >= 0.6 is 0 Å². The molecule has 0 atom stereocenters. The van der Waals surface area contributed by atoms with E-state index >= 15 is 0 Å². The topological polar surface area (TPSA) is 63.7 Å². The number of para-hydroxylation sites is 1. The van der Waals surface area contributed by atoms with Crippen LogP contribution in [0.3, 0.4) is 0 Å². The van der Waals surface area contributed by atoms with Crippen LogP contribution in [0.1, 0.15) is 46.6 Å². The summed E-state index contributed by atoms with van der Waals surface area (Å²) in [6, 6.07) is 11.1. The fraction of sp³-hybridized carbons (Fsp3) is 0.409. The van der Waals surface area contributed by atoms with Gasteiger partial charge in [-0.1, -0.05) is 39.0 Å². The van der Waals surface area contributed by atoms with Crippen LogP contribution in [0.15, 0.2) is 53.4 Å². The highest BCUT2D eigenvalue weighted by atomic mass is 32.2. The summed E-state index contributed by atoms with van der Waals surface area (Å²) in [6.45, 7) is 10.0. The summed E-state index contributed by atoms with van der Waals surface area (Å²) in [7, 11) is -4.13. The molecule has 158 valence electrons. The van der Waals surface area contributed by atoms with Crippen LogP contribution in [0.5, 0.6) is 5.75 Å². The molecule has 0 aliphatic rings. The second kappa shape index (κ2) is 8.95. The van der Waals surface area contributed by atoms with E-state index in [4.69, 9.17) is 4.18 Å². The number of hydrogen-bond donors (Lipinski definition) is 0. The molecule has 29 heavy (non-hydrogen) atoms. The lowest BCUT2D eigenvalue weighted by Gasteiger charge is -2.30. The Labute approximate surface area is 172 Å². The summed E-state index contributed by atoms with van der Waals surface area (Å²) in [5.41, 5.74) is 0.417. The first kappa shape index (κ1) is 22.9. The van der Waals surface area contributed by atoms with Gasteiger partial charge in [0.2, 0.25) is 5.91 Å². The van der Waals surface area contributed by atoms with Crippen molar-refractivity contribution in [2.45, 2.75) is 58.5 Å². The van der Waals surface area contributed by atoms with Gasteiger partial charge in [-0.3, -0.25) is 4.79 Å². The normalized spacial score (nSPS) is 12.1. The number of rotatable bonds is 7. The van der Waals surface area contributed by atoms with E-state index in [1.807, 2.05) is 34.6 Å².